The molecule has 1 atom stereocenters. The lowest BCUT2D eigenvalue weighted by Crippen LogP contribution is -2.21. The van der Waals surface area contributed by atoms with Crippen LogP contribution in [0, 0.1) is 0 Å². The number of pyridine rings is 1. The van der Waals surface area contributed by atoms with Crippen molar-refractivity contribution in [1.29, 1.82) is 0 Å². The van der Waals surface area contributed by atoms with Crippen LogP contribution in [0.4, 0.5) is 0 Å². The summed E-state index contributed by atoms with van der Waals surface area (Å²) < 4.78 is 6.66. The first kappa shape index (κ1) is 14.5. The highest BCUT2D eigenvalue weighted by Gasteiger charge is 2.16. The van der Waals surface area contributed by atoms with E-state index in [-0.39, 0.29) is 6.04 Å². The molecule has 0 spiro atoms. The van der Waals surface area contributed by atoms with E-state index >= 15 is 0 Å². The van der Waals surface area contributed by atoms with E-state index in [1.165, 1.54) is 4.88 Å². The normalized spacial score (nSPS) is 12.4. The third-order valence-corrected chi connectivity index (χ3v) is 4.35. The molecule has 1 unspecified atom stereocenters. The summed E-state index contributed by atoms with van der Waals surface area (Å²) in [5.74, 6) is 0.818. The highest BCUT2D eigenvalue weighted by Crippen LogP contribution is 2.32. The SMILES string of the molecule is CCNC(c1cncc(OCC)c1)c1ccc(Br)s1. The Morgan fingerprint density at radius 1 is 1.37 bits per heavy atom. The lowest BCUT2D eigenvalue weighted by atomic mass is 10.1. The van der Waals surface area contributed by atoms with Gasteiger partial charge in [-0.3, -0.25) is 4.98 Å². The molecule has 2 aromatic rings. The van der Waals surface area contributed by atoms with Crippen molar-refractivity contribution in [2.45, 2.75) is 19.9 Å². The number of thiophene rings is 1. The van der Waals surface area contributed by atoms with Crippen LogP contribution in [-0.4, -0.2) is 18.1 Å². The maximum absolute atomic E-state index is 5.52. The van der Waals surface area contributed by atoms with Gasteiger partial charge < -0.3 is 10.1 Å². The van der Waals surface area contributed by atoms with Crippen molar-refractivity contribution in [2.75, 3.05) is 13.2 Å². The van der Waals surface area contributed by atoms with Crippen LogP contribution in [0.1, 0.15) is 30.3 Å². The first-order valence-corrected chi connectivity index (χ1v) is 7.92. The van der Waals surface area contributed by atoms with Gasteiger partial charge in [0.2, 0.25) is 0 Å². The summed E-state index contributed by atoms with van der Waals surface area (Å²) in [7, 11) is 0. The quantitative estimate of drug-likeness (QED) is 0.862. The fraction of sp³-hybridized carbons (Fsp3) is 0.357. The maximum Gasteiger partial charge on any atom is 0.137 e. The van der Waals surface area contributed by atoms with Gasteiger partial charge in [0.1, 0.15) is 5.75 Å². The van der Waals surface area contributed by atoms with Gasteiger partial charge in [-0.1, -0.05) is 6.92 Å². The van der Waals surface area contributed by atoms with Crippen molar-refractivity contribution < 1.29 is 4.74 Å². The van der Waals surface area contributed by atoms with Crippen LogP contribution < -0.4 is 10.1 Å². The Morgan fingerprint density at radius 2 is 2.21 bits per heavy atom. The number of aromatic nitrogens is 1. The van der Waals surface area contributed by atoms with Gasteiger partial charge in [0, 0.05) is 11.1 Å². The summed E-state index contributed by atoms with van der Waals surface area (Å²) in [5.41, 5.74) is 1.13. The molecule has 0 saturated carbocycles. The van der Waals surface area contributed by atoms with Crippen molar-refractivity contribution >= 4 is 27.3 Å². The molecule has 102 valence electrons. The Hall–Kier alpha value is -0.910. The van der Waals surface area contributed by atoms with Crippen LogP contribution in [-0.2, 0) is 0 Å². The zero-order valence-corrected chi connectivity index (χ0v) is 13.4. The average molecular weight is 341 g/mol. The molecule has 3 nitrogen and oxygen atoms in total. The van der Waals surface area contributed by atoms with Gasteiger partial charge in [0.15, 0.2) is 0 Å². The predicted octanol–water partition coefficient (Wildman–Crippen LogP) is 4.00. The highest BCUT2D eigenvalue weighted by molar-refractivity contribution is 9.11. The summed E-state index contributed by atoms with van der Waals surface area (Å²) >= 11 is 5.25. The lowest BCUT2D eigenvalue weighted by Gasteiger charge is -2.17. The fourth-order valence-electron chi connectivity index (χ4n) is 1.91. The summed E-state index contributed by atoms with van der Waals surface area (Å²) in [6.45, 7) is 5.64. The van der Waals surface area contributed by atoms with Crippen molar-refractivity contribution in [3.8, 4) is 5.75 Å². The van der Waals surface area contributed by atoms with Gasteiger partial charge in [-0.2, -0.15) is 0 Å². The number of nitrogens with zero attached hydrogens (tertiary/aromatic N) is 1. The van der Waals surface area contributed by atoms with E-state index in [1.54, 1.807) is 17.5 Å². The number of hydrogen-bond acceptors (Lipinski definition) is 4. The maximum atomic E-state index is 5.52. The molecular formula is C14H17BrN2OS. The van der Waals surface area contributed by atoms with Gasteiger partial charge in [-0.15, -0.1) is 11.3 Å². The smallest absolute Gasteiger partial charge is 0.137 e. The molecule has 0 aliphatic rings. The van der Waals surface area contributed by atoms with Gasteiger partial charge in [-0.25, -0.2) is 0 Å². The molecule has 5 heteroatoms. The Kier molecular flexibility index (Phi) is 5.36. The van der Waals surface area contributed by atoms with Crippen molar-refractivity contribution in [3.63, 3.8) is 0 Å². The average Bonchev–Trinajstić information content (AvgIpc) is 2.83. The summed E-state index contributed by atoms with van der Waals surface area (Å²) in [6.07, 6.45) is 3.64. The Labute approximate surface area is 126 Å². The number of halogens is 1. The first-order valence-electron chi connectivity index (χ1n) is 6.31. The molecule has 0 saturated heterocycles. The van der Waals surface area contributed by atoms with Crippen molar-refractivity contribution in [3.05, 3.63) is 44.8 Å². The van der Waals surface area contributed by atoms with Crippen LogP contribution in [0.2, 0.25) is 0 Å². The van der Waals surface area contributed by atoms with E-state index in [4.69, 9.17) is 4.74 Å². The molecule has 0 bridgehead atoms. The monoisotopic (exact) mass is 340 g/mol. The highest BCUT2D eigenvalue weighted by atomic mass is 79.9. The standard InChI is InChI=1S/C14H17BrN2OS/c1-3-17-14(12-5-6-13(15)19-12)10-7-11(18-4-2)9-16-8-10/h5-9,14,17H,3-4H2,1-2H3. The van der Waals surface area contributed by atoms with Gasteiger partial charge in [0.05, 0.1) is 22.6 Å². The van der Waals surface area contributed by atoms with E-state index in [2.05, 4.69) is 51.4 Å². The topological polar surface area (TPSA) is 34.2 Å². The summed E-state index contributed by atoms with van der Waals surface area (Å²) in [6, 6.07) is 6.42. The van der Waals surface area contributed by atoms with Gasteiger partial charge in [0.25, 0.3) is 0 Å². The van der Waals surface area contributed by atoms with Crippen molar-refractivity contribution in [2.24, 2.45) is 0 Å². The summed E-state index contributed by atoms with van der Waals surface area (Å²) in [5, 5.41) is 3.49. The molecule has 0 radical (unpaired) electrons. The minimum Gasteiger partial charge on any atom is -0.492 e. The Balaban J connectivity index is 2.30. The molecule has 19 heavy (non-hydrogen) atoms. The van der Waals surface area contributed by atoms with Crippen LogP contribution in [0.15, 0.2) is 34.4 Å². The molecule has 1 N–H and O–H groups in total. The van der Waals surface area contributed by atoms with E-state index in [9.17, 15) is 0 Å². The van der Waals surface area contributed by atoms with E-state index in [0.29, 0.717) is 6.61 Å². The largest absolute Gasteiger partial charge is 0.492 e. The third-order valence-electron chi connectivity index (χ3n) is 2.67. The molecule has 0 aromatic carbocycles. The lowest BCUT2D eigenvalue weighted by molar-refractivity contribution is 0.338. The van der Waals surface area contributed by atoms with Crippen LogP contribution in [0.25, 0.3) is 0 Å². The predicted molar refractivity (Wildman–Crippen MR) is 82.9 cm³/mol. The number of ether oxygens (including phenoxy) is 1. The first-order chi connectivity index (χ1) is 9.24. The van der Waals surface area contributed by atoms with Crippen LogP contribution in [0.3, 0.4) is 0 Å². The molecule has 2 aromatic heterocycles. The fourth-order valence-corrected chi connectivity index (χ4v) is 3.44. The van der Waals surface area contributed by atoms with Gasteiger partial charge in [-0.05, 0) is 53.2 Å². The van der Waals surface area contributed by atoms with Crippen molar-refractivity contribution in [1.82, 2.24) is 10.3 Å². The minimum atomic E-state index is 0.161. The second-order valence-corrected chi connectivity index (χ2v) is 6.51. The zero-order valence-electron chi connectivity index (χ0n) is 11.0. The molecule has 2 heterocycles. The summed E-state index contributed by atoms with van der Waals surface area (Å²) in [4.78, 5) is 5.53. The van der Waals surface area contributed by atoms with Gasteiger partial charge >= 0.3 is 0 Å². The molecular weight excluding hydrogens is 324 g/mol. The molecule has 0 aliphatic carbocycles. The molecule has 2 rings (SSSR count). The minimum absolute atomic E-state index is 0.161. The number of nitrogens with one attached hydrogen (secondary N) is 1. The number of hydrogen-bond donors (Lipinski definition) is 1. The van der Waals surface area contributed by atoms with E-state index in [1.807, 2.05) is 13.1 Å². The Bertz CT molecular complexity index is 530. The van der Waals surface area contributed by atoms with E-state index < -0.39 is 0 Å². The second kappa shape index (κ2) is 7.03. The third kappa shape index (κ3) is 3.78. The molecule has 0 fully saturated rings. The van der Waals surface area contributed by atoms with Crippen LogP contribution >= 0.6 is 27.3 Å². The van der Waals surface area contributed by atoms with E-state index in [0.717, 1.165) is 21.6 Å². The Morgan fingerprint density at radius 3 is 2.84 bits per heavy atom. The molecule has 0 amide bonds. The number of rotatable bonds is 6. The molecule has 0 aliphatic heterocycles. The second-order valence-electron chi connectivity index (χ2n) is 4.02. The van der Waals surface area contributed by atoms with Crippen LogP contribution in [0.5, 0.6) is 5.75 Å². The zero-order chi connectivity index (χ0) is 13.7.